The predicted octanol–water partition coefficient (Wildman–Crippen LogP) is 2.61. The lowest BCUT2D eigenvalue weighted by molar-refractivity contribution is -0.151. The topological polar surface area (TPSA) is 105 Å². The molecule has 0 bridgehead atoms. The third-order valence-electron chi connectivity index (χ3n) is 5.96. The fourth-order valence-corrected chi connectivity index (χ4v) is 4.60. The van der Waals surface area contributed by atoms with Crippen molar-refractivity contribution < 1.29 is 23.9 Å². The van der Waals surface area contributed by atoms with E-state index in [4.69, 9.17) is 4.74 Å². The Kier molecular flexibility index (Phi) is 7.30. The number of benzene rings is 1. The molecule has 2 N–H and O–H groups in total. The van der Waals surface area contributed by atoms with Gasteiger partial charge in [0.25, 0.3) is 11.8 Å². The standard InChI is InChI=1S/C23H31N3O5/c1-3-12-23(13-4-2)21(29)26(22(30)25-23)14-20(28)31-15-19(27)24-18-11-7-9-16-8-5-6-10-17(16)18/h5-6,8,10,18H,3-4,7,9,11-15H2,1-2H3,(H,24,27)(H,25,30)/t18-/m1/s1. The summed E-state index contributed by atoms with van der Waals surface area (Å²) < 4.78 is 5.06. The van der Waals surface area contributed by atoms with Crippen LogP contribution in [-0.2, 0) is 25.5 Å². The van der Waals surface area contributed by atoms with E-state index in [0.29, 0.717) is 12.8 Å². The third kappa shape index (κ3) is 5.06. The van der Waals surface area contributed by atoms with E-state index in [2.05, 4.69) is 16.7 Å². The molecule has 1 fully saturated rings. The van der Waals surface area contributed by atoms with Crippen molar-refractivity contribution in [2.24, 2.45) is 0 Å². The highest BCUT2D eigenvalue weighted by atomic mass is 16.5. The number of carbonyl (C=O) groups excluding carboxylic acids is 4. The van der Waals surface area contributed by atoms with Gasteiger partial charge in [-0.3, -0.25) is 19.3 Å². The number of aryl methyl sites for hydroxylation is 1. The minimum absolute atomic E-state index is 0.106. The minimum Gasteiger partial charge on any atom is -0.454 e. The van der Waals surface area contributed by atoms with Gasteiger partial charge in [0.1, 0.15) is 12.1 Å². The third-order valence-corrected chi connectivity index (χ3v) is 5.96. The first-order valence-electron chi connectivity index (χ1n) is 11.1. The largest absolute Gasteiger partial charge is 0.454 e. The summed E-state index contributed by atoms with van der Waals surface area (Å²) in [5.41, 5.74) is 1.36. The number of nitrogens with one attached hydrogen (secondary N) is 2. The van der Waals surface area contributed by atoms with Gasteiger partial charge in [0.05, 0.1) is 6.04 Å². The Bertz CT molecular complexity index is 847. The van der Waals surface area contributed by atoms with E-state index in [1.54, 1.807) is 0 Å². The molecule has 1 aliphatic carbocycles. The predicted molar refractivity (Wildman–Crippen MR) is 114 cm³/mol. The quantitative estimate of drug-likeness (QED) is 0.464. The molecule has 0 radical (unpaired) electrons. The summed E-state index contributed by atoms with van der Waals surface area (Å²) in [4.78, 5) is 50.6. The molecular formula is C23H31N3O5. The van der Waals surface area contributed by atoms with Crippen LogP contribution in [0.15, 0.2) is 24.3 Å². The van der Waals surface area contributed by atoms with Crippen LogP contribution in [0.1, 0.15) is 69.5 Å². The number of esters is 1. The van der Waals surface area contributed by atoms with Crippen molar-refractivity contribution >= 4 is 23.8 Å². The van der Waals surface area contributed by atoms with Crippen LogP contribution in [0.25, 0.3) is 0 Å². The molecule has 2 aliphatic rings. The lowest BCUT2D eigenvalue weighted by Gasteiger charge is -2.26. The lowest BCUT2D eigenvalue weighted by Crippen LogP contribution is -2.47. The number of hydrogen-bond donors (Lipinski definition) is 2. The van der Waals surface area contributed by atoms with Crippen LogP contribution in [0.4, 0.5) is 4.79 Å². The summed E-state index contributed by atoms with van der Waals surface area (Å²) >= 11 is 0. The van der Waals surface area contributed by atoms with Crippen LogP contribution in [0.2, 0.25) is 0 Å². The molecule has 3 rings (SSSR count). The molecule has 8 nitrogen and oxygen atoms in total. The van der Waals surface area contributed by atoms with E-state index in [1.807, 2.05) is 32.0 Å². The second-order valence-corrected chi connectivity index (χ2v) is 8.28. The Balaban J connectivity index is 1.52. The number of fused-ring (bicyclic) bond motifs is 1. The molecule has 168 valence electrons. The molecule has 0 spiro atoms. The maximum atomic E-state index is 12.8. The average Bonchev–Trinajstić information content (AvgIpc) is 2.97. The Morgan fingerprint density at radius 3 is 2.61 bits per heavy atom. The molecule has 1 saturated heterocycles. The van der Waals surface area contributed by atoms with Crippen molar-refractivity contribution in [2.45, 2.75) is 70.4 Å². The highest BCUT2D eigenvalue weighted by Gasteiger charge is 2.50. The van der Waals surface area contributed by atoms with Crippen LogP contribution >= 0.6 is 0 Å². The highest BCUT2D eigenvalue weighted by Crippen LogP contribution is 2.29. The molecule has 1 aromatic carbocycles. The summed E-state index contributed by atoms with van der Waals surface area (Å²) in [6.07, 6.45) is 5.29. The van der Waals surface area contributed by atoms with Gasteiger partial charge in [-0.2, -0.15) is 0 Å². The number of rotatable bonds is 9. The molecule has 0 unspecified atom stereocenters. The summed E-state index contributed by atoms with van der Waals surface area (Å²) in [5.74, 6) is -1.59. The molecule has 8 heteroatoms. The van der Waals surface area contributed by atoms with Gasteiger partial charge in [0.15, 0.2) is 6.61 Å². The summed E-state index contributed by atoms with van der Waals surface area (Å²) in [5, 5.41) is 5.67. The average molecular weight is 430 g/mol. The van der Waals surface area contributed by atoms with E-state index in [9.17, 15) is 19.2 Å². The van der Waals surface area contributed by atoms with E-state index in [0.717, 1.165) is 42.6 Å². The Morgan fingerprint density at radius 2 is 1.90 bits per heavy atom. The molecular weight excluding hydrogens is 398 g/mol. The molecule has 1 atom stereocenters. The number of amides is 4. The van der Waals surface area contributed by atoms with Gasteiger partial charge in [-0.25, -0.2) is 4.79 Å². The molecule has 1 heterocycles. The highest BCUT2D eigenvalue weighted by molar-refractivity contribution is 6.08. The van der Waals surface area contributed by atoms with Gasteiger partial charge in [-0.1, -0.05) is 51.0 Å². The van der Waals surface area contributed by atoms with Crippen molar-refractivity contribution in [3.8, 4) is 0 Å². The van der Waals surface area contributed by atoms with Crippen molar-refractivity contribution in [3.05, 3.63) is 35.4 Å². The van der Waals surface area contributed by atoms with Gasteiger partial charge in [0.2, 0.25) is 0 Å². The fraction of sp³-hybridized carbons (Fsp3) is 0.565. The summed E-state index contributed by atoms with van der Waals surface area (Å²) in [7, 11) is 0. The molecule has 1 aromatic rings. The monoisotopic (exact) mass is 429 g/mol. The van der Waals surface area contributed by atoms with E-state index >= 15 is 0 Å². The number of ether oxygens (including phenoxy) is 1. The summed E-state index contributed by atoms with van der Waals surface area (Å²) in [6, 6.07) is 7.29. The van der Waals surface area contributed by atoms with Gasteiger partial charge >= 0.3 is 12.0 Å². The van der Waals surface area contributed by atoms with Gasteiger partial charge < -0.3 is 15.4 Å². The summed E-state index contributed by atoms with van der Waals surface area (Å²) in [6.45, 7) is 2.93. The Labute approximate surface area is 182 Å². The number of nitrogens with zero attached hydrogens (tertiary/aromatic N) is 1. The Morgan fingerprint density at radius 1 is 1.19 bits per heavy atom. The van der Waals surface area contributed by atoms with Crippen LogP contribution in [0, 0.1) is 0 Å². The Hall–Kier alpha value is -2.90. The van der Waals surface area contributed by atoms with Gasteiger partial charge in [0, 0.05) is 0 Å². The van der Waals surface area contributed by atoms with E-state index in [-0.39, 0.29) is 6.04 Å². The fourth-order valence-electron chi connectivity index (χ4n) is 4.60. The molecule has 31 heavy (non-hydrogen) atoms. The molecule has 1 aliphatic heterocycles. The van der Waals surface area contributed by atoms with Crippen molar-refractivity contribution in [2.75, 3.05) is 13.2 Å². The zero-order chi connectivity index (χ0) is 22.4. The first-order chi connectivity index (χ1) is 14.9. The molecule has 0 aromatic heterocycles. The first kappa shape index (κ1) is 22.8. The maximum Gasteiger partial charge on any atom is 0.326 e. The van der Waals surface area contributed by atoms with E-state index < -0.39 is 42.5 Å². The van der Waals surface area contributed by atoms with Crippen molar-refractivity contribution in [3.63, 3.8) is 0 Å². The van der Waals surface area contributed by atoms with Crippen molar-refractivity contribution in [1.29, 1.82) is 0 Å². The first-order valence-corrected chi connectivity index (χ1v) is 11.1. The minimum atomic E-state index is -0.952. The van der Waals surface area contributed by atoms with Crippen LogP contribution in [0.5, 0.6) is 0 Å². The smallest absolute Gasteiger partial charge is 0.326 e. The second-order valence-electron chi connectivity index (χ2n) is 8.28. The number of hydrogen-bond acceptors (Lipinski definition) is 5. The SMILES string of the molecule is CCCC1(CCC)NC(=O)N(CC(=O)OCC(=O)N[C@@H]2CCCc3ccccc32)C1=O. The maximum absolute atomic E-state index is 12.8. The zero-order valence-corrected chi connectivity index (χ0v) is 18.2. The van der Waals surface area contributed by atoms with Gasteiger partial charge in [-0.05, 0) is 43.2 Å². The normalized spacial score (nSPS) is 19.5. The second kappa shape index (κ2) is 9.94. The number of carbonyl (C=O) groups is 4. The molecule has 0 saturated carbocycles. The van der Waals surface area contributed by atoms with Crippen LogP contribution < -0.4 is 10.6 Å². The number of imide groups is 1. The van der Waals surface area contributed by atoms with Crippen LogP contribution in [-0.4, -0.2) is 47.4 Å². The van der Waals surface area contributed by atoms with Crippen molar-refractivity contribution in [1.82, 2.24) is 15.5 Å². The molecule has 4 amide bonds. The number of urea groups is 1. The van der Waals surface area contributed by atoms with Gasteiger partial charge in [-0.15, -0.1) is 0 Å². The van der Waals surface area contributed by atoms with Crippen LogP contribution in [0.3, 0.4) is 0 Å². The lowest BCUT2D eigenvalue weighted by atomic mass is 9.88. The zero-order valence-electron chi connectivity index (χ0n) is 18.2. The van der Waals surface area contributed by atoms with E-state index in [1.165, 1.54) is 5.56 Å².